The smallest absolute Gasteiger partial charge is 0.246 e. The van der Waals surface area contributed by atoms with Crippen molar-refractivity contribution in [1.82, 2.24) is 10.6 Å². The third kappa shape index (κ3) is 21.7. The monoisotopic (exact) mass is 448 g/mol. The van der Waals surface area contributed by atoms with Gasteiger partial charge in [0.15, 0.2) is 0 Å². The van der Waals surface area contributed by atoms with E-state index in [0.29, 0.717) is 78.5 Å². The number of rotatable bonds is 22. The van der Waals surface area contributed by atoms with E-state index in [2.05, 4.69) is 24.5 Å². The molecule has 0 heterocycles. The van der Waals surface area contributed by atoms with Gasteiger partial charge >= 0.3 is 0 Å². The number of carbonyl (C=O) groups is 2. The van der Waals surface area contributed by atoms with Crippen molar-refractivity contribution in [3.63, 3.8) is 0 Å². The average molecular weight is 449 g/mol. The van der Waals surface area contributed by atoms with E-state index in [-0.39, 0.29) is 24.3 Å². The minimum Gasteiger partial charge on any atom is -0.377 e. The van der Waals surface area contributed by atoms with Crippen LogP contribution in [0.25, 0.3) is 0 Å². The van der Waals surface area contributed by atoms with Crippen molar-refractivity contribution in [2.45, 2.75) is 40.5 Å². The van der Waals surface area contributed by atoms with E-state index >= 15 is 0 Å². The van der Waals surface area contributed by atoms with E-state index in [4.69, 9.17) is 23.7 Å². The normalized spacial score (nSPS) is 12.2. The first-order valence-corrected chi connectivity index (χ1v) is 11.4. The molecule has 0 radical (unpaired) electrons. The Labute approximate surface area is 187 Å². The Morgan fingerprint density at radius 2 is 1.19 bits per heavy atom. The van der Waals surface area contributed by atoms with Gasteiger partial charge in [0.1, 0.15) is 6.61 Å². The molecule has 1 unspecified atom stereocenters. The molecule has 2 N–H and O–H groups in total. The molecular formula is C22H44N2O7. The third-order valence-electron chi connectivity index (χ3n) is 4.22. The Balaban J connectivity index is 3.20. The molecule has 0 rings (SSSR count). The summed E-state index contributed by atoms with van der Waals surface area (Å²) in [7, 11) is 0. The molecule has 0 aliphatic rings. The fraction of sp³-hybridized carbons (Fsp3) is 0.909. The highest BCUT2D eigenvalue weighted by molar-refractivity contribution is 5.77. The summed E-state index contributed by atoms with van der Waals surface area (Å²) < 4.78 is 26.8. The quantitative estimate of drug-likeness (QED) is 0.241. The maximum atomic E-state index is 11.6. The predicted octanol–water partition coefficient (Wildman–Crippen LogP) is 1.39. The van der Waals surface area contributed by atoms with Gasteiger partial charge in [-0.2, -0.15) is 0 Å². The summed E-state index contributed by atoms with van der Waals surface area (Å²) in [5.41, 5.74) is 0. The van der Waals surface area contributed by atoms with Crippen molar-refractivity contribution in [1.29, 1.82) is 0 Å². The first kappa shape index (κ1) is 29.7. The van der Waals surface area contributed by atoms with E-state index in [1.54, 1.807) is 0 Å². The van der Waals surface area contributed by atoms with Crippen LogP contribution in [-0.4, -0.2) is 91.0 Å². The molecule has 9 nitrogen and oxygen atoms in total. The summed E-state index contributed by atoms with van der Waals surface area (Å²) in [5.74, 6) is 0.425. The molecule has 31 heavy (non-hydrogen) atoms. The van der Waals surface area contributed by atoms with E-state index in [1.807, 2.05) is 13.8 Å². The zero-order valence-corrected chi connectivity index (χ0v) is 19.9. The van der Waals surface area contributed by atoms with Crippen molar-refractivity contribution in [3.8, 4) is 0 Å². The largest absolute Gasteiger partial charge is 0.377 e. The molecule has 184 valence electrons. The Morgan fingerprint density at radius 3 is 1.68 bits per heavy atom. The van der Waals surface area contributed by atoms with Gasteiger partial charge in [0.05, 0.1) is 59.5 Å². The number of carbonyl (C=O) groups excluding carboxylic acids is 2. The molecule has 0 bridgehead atoms. The number of nitrogens with one attached hydrogen (secondary N) is 2. The summed E-state index contributed by atoms with van der Waals surface area (Å²) in [4.78, 5) is 23.0. The van der Waals surface area contributed by atoms with Gasteiger partial charge in [-0.3, -0.25) is 9.59 Å². The van der Waals surface area contributed by atoms with Crippen molar-refractivity contribution in [2.75, 3.05) is 79.2 Å². The summed E-state index contributed by atoms with van der Waals surface area (Å²) in [5, 5.41) is 5.65. The van der Waals surface area contributed by atoms with Gasteiger partial charge in [-0.05, 0) is 12.3 Å². The highest BCUT2D eigenvalue weighted by Crippen LogP contribution is 2.02. The van der Waals surface area contributed by atoms with E-state index in [9.17, 15) is 9.59 Å². The standard InChI is InChI=1S/C22H44N2O7/c1-5-6-20(4)17-24-21(25)18-31-16-15-30-14-13-29-12-11-28-10-9-27-8-7-23-22(26)19(2)3/h19-20H,5-18H2,1-4H3,(H,23,26)(H,24,25). The van der Waals surface area contributed by atoms with Crippen molar-refractivity contribution >= 4 is 11.8 Å². The molecule has 0 fully saturated rings. The Kier molecular flexibility index (Phi) is 21.1. The molecule has 0 saturated carbocycles. The Bertz CT molecular complexity index is 436. The van der Waals surface area contributed by atoms with Crippen LogP contribution in [0.2, 0.25) is 0 Å². The van der Waals surface area contributed by atoms with Gasteiger partial charge in [0.2, 0.25) is 11.8 Å². The van der Waals surface area contributed by atoms with Crippen molar-refractivity contribution < 1.29 is 33.3 Å². The van der Waals surface area contributed by atoms with Crippen LogP contribution in [0.5, 0.6) is 0 Å². The van der Waals surface area contributed by atoms with Gasteiger partial charge in [-0.25, -0.2) is 0 Å². The van der Waals surface area contributed by atoms with Crippen LogP contribution < -0.4 is 10.6 Å². The molecular weight excluding hydrogens is 404 g/mol. The van der Waals surface area contributed by atoms with Gasteiger partial charge in [-0.15, -0.1) is 0 Å². The lowest BCUT2D eigenvalue weighted by Gasteiger charge is -2.11. The maximum absolute atomic E-state index is 11.6. The number of hydrogen-bond acceptors (Lipinski definition) is 7. The van der Waals surface area contributed by atoms with Crippen molar-refractivity contribution in [2.24, 2.45) is 11.8 Å². The van der Waals surface area contributed by atoms with Crippen LogP contribution in [0.4, 0.5) is 0 Å². The predicted molar refractivity (Wildman–Crippen MR) is 119 cm³/mol. The molecule has 0 aromatic heterocycles. The van der Waals surface area contributed by atoms with E-state index < -0.39 is 0 Å². The van der Waals surface area contributed by atoms with Crippen LogP contribution in [0, 0.1) is 11.8 Å². The molecule has 0 aromatic carbocycles. The molecule has 9 heteroatoms. The fourth-order valence-corrected chi connectivity index (χ4v) is 2.43. The van der Waals surface area contributed by atoms with Gasteiger partial charge in [-0.1, -0.05) is 34.1 Å². The topological polar surface area (TPSA) is 104 Å². The molecule has 1 atom stereocenters. The lowest BCUT2D eigenvalue weighted by molar-refractivity contribution is -0.126. The summed E-state index contributed by atoms with van der Waals surface area (Å²) >= 11 is 0. The highest BCUT2D eigenvalue weighted by atomic mass is 16.6. The summed E-state index contributed by atoms with van der Waals surface area (Å²) in [6.45, 7) is 13.4. The van der Waals surface area contributed by atoms with Crippen LogP contribution in [0.15, 0.2) is 0 Å². The molecule has 0 saturated heterocycles. The molecule has 0 aliphatic heterocycles. The SMILES string of the molecule is CCCC(C)CNC(=O)COCCOCCOCCOCCOCCNC(=O)C(C)C. The minimum absolute atomic E-state index is 0.00992. The van der Waals surface area contributed by atoms with Crippen LogP contribution >= 0.6 is 0 Å². The van der Waals surface area contributed by atoms with Gasteiger partial charge in [0, 0.05) is 19.0 Å². The number of ether oxygens (including phenoxy) is 5. The van der Waals surface area contributed by atoms with Crippen LogP contribution in [-0.2, 0) is 33.3 Å². The number of hydrogen-bond donors (Lipinski definition) is 2. The first-order valence-electron chi connectivity index (χ1n) is 11.4. The lowest BCUT2D eigenvalue weighted by atomic mass is 10.1. The van der Waals surface area contributed by atoms with Gasteiger partial charge < -0.3 is 34.3 Å². The van der Waals surface area contributed by atoms with Crippen LogP contribution in [0.3, 0.4) is 0 Å². The highest BCUT2D eigenvalue weighted by Gasteiger charge is 2.05. The van der Waals surface area contributed by atoms with Gasteiger partial charge in [0.25, 0.3) is 0 Å². The first-order chi connectivity index (χ1) is 15.0. The average Bonchev–Trinajstić information content (AvgIpc) is 2.74. The number of amides is 2. The van der Waals surface area contributed by atoms with Crippen molar-refractivity contribution in [3.05, 3.63) is 0 Å². The molecule has 0 aliphatic carbocycles. The second kappa shape index (κ2) is 22.0. The second-order valence-electron chi connectivity index (χ2n) is 7.65. The van der Waals surface area contributed by atoms with E-state index in [1.165, 1.54) is 0 Å². The summed E-state index contributed by atoms with van der Waals surface area (Å²) in [6.07, 6.45) is 2.23. The zero-order valence-electron chi connectivity index (χ0n) is 19.9. The van der Waals surface area contributed by atoms with Crippen LogP contribution in [0.1, 0.15) is 40.5 Å². The zero-order chi connectivity index (χ0) is 23.2. The summed E-state index contributed by atoms with van der Waals surface area (Å²) in [6, 6.07) is 0. The molecule has 0 spiro atoms. The lowest BCUT2D eigenvalue weighted by Crippen LogP contribution is -2.31. The molecule has 0 aromatic rings. The minimum atomic E-state index is -0.0884. The second-order valence-corrected chi connectivity index (χ2v) is 7.65. The Hall–Kier alpha value is -1.26. The molecule has 2 amide bonds. The maximum Gasteiger partial charge on any atom is 0.246 e. The van der Waals surface area contributed by atoms with E-state index in [0.717, 1.165) is 12.8 Å². The Morgan fingerprint density at radius 1 is 0.710 bits per heavy atom. The third-order valence-corrected chi connectivity index (χ3v) is 4.22. The fourth-order valence-electron chi connectivity index (χ4n) is 2.43.